The van der Waals surface area contributed by atoms with E-state index in [1.165, 1.54) is 11.3 Å². The van der Waals surface area contributed by atoms with Crippen molar-refractivity contribution in [2.75, 3.05) is 26.1 Å². The molecule has 0 spiro atoms. The fourth-order valence-corrected chi connectivity index (χ4v) is 3.75. The van der Waals surface area contributed by atoms with Crippen molar-refractivity contribution in [2.45, 2.75) is 13.0 Å². The zero-order valence-corrected chi connectivity index (χ0v) is 17.8. The Hall–Kier alpha value is -2.77. The number of hydrogen-bond donors (Lipinski definition) is 2. The summed E-state index contributed by atoms with van der Waals surface area (Å²) in [7, 11) is 3.21. The van der Waals surface area contributed by atoms with Crippen LogP contribution in [0.5, 0.6) is 11.5 Å². The fourth-order valence-electron chi connectivity index (χ4n) is 2.83. The highest BCUT2D eigenvalue weighted by Gasteiger charge is 2.11. The average Bonchev–Trinajstić information content (AvgIpc) is 3.17. The Bertz CT molecular complexity index is 977. The van der Waals surface area contributed by atoms with E-state index in [4.69, 9.17) is 21.1 Å². The van der Waals surface area contributed by atoms with E-state index >= 15 is 0 Å². The first-order chi connectivity index (χ1) is 14.1. The van der Waals surface area contributed by atoms with Gasteiger partial charge in [0.2, 0.25) is 0 Å². The van der Waals surface area contributed by atoms with Crippen LogP contribution < -0.4 is 20.1 Å². The van der Waals surface area contributed by atoms with Crippen LogP contribution in [-0.4, -0.2) is 31.7 Å². The molecular formula is C21H22ClN3O3S. The van der Waals surface area contributed by atoms with Gasteiger partial charge in [-0.15, -0.1) is 11.3 Å². The molecule has 0 radical (unpaired) electrons. The number of ether oxygens (including phenoxy) is 2. The molecule has 2 aromatic carbocycles. The number of aromatic nitrogens is 1. The third-order valence-electron chi connectivity index (χ3n) is 4.30. The van der Waals surface area contributed by atoms with Gasteiger partial charge in [-0.3, -0.25) is 4.79 Å². The number of benzene rings is 2. The number of methoxy groups -OCH3 is 2. The monoisotopic (exact) mass is 431 g/mol. The van der Waals surface area contributed by atoms with Crippen LogP contribution in [0.25, 0.3) is 0 Å². The van der Waals surface area contributed by atoms with Gasteiger partial charge in [-0.05, 0) is 36.2 Å². The second-order valence-electron chi connectivity index (χ2n) is 6.17. The summed E-state index contributed by atoms with van der Waals surface area (Å²) in [4.78, 5) is 17.7. The maximum atomic E-state index is 12.7. The predicted molar refractivity (Wildman–Crippen MR) is 116 cm³/mol. The Morgan fingerprint density at radius 2 is 1.93 bits per heavy atom. The van der Waals surface area contributed by atoms with Gasteiger partial charge < -0.3 is 20.1 Å². The van der Waals surface area contributed by atoms with Crippen LogP contribution in [0.15, 0.2) is 48.7 Å². The molecule has 1 aromatic heterocycles. The first-order valence-corrected chi connectivity index (χ1v) is 10.2. The maximum absolute atomic E-state index is 12.7. The Labute approximate surface area is 178 Å². The molecule has 29 heavy (non-hydrogen) atoms. The summed E-state index contributed by atoms with van der Waals surface area (Å²) in [6, 6.07) is 13.2. The molecule has 3 aromatic rings. The number of carbonyl (C=O) groups excluding carboxylic acids is 1. The molecule has 0 unspecified atom stereocenters. The van der Waals surface area contributed by atoms with Crippen LogP contribution >= 0.6 is 22.9 Å². The first-order valence-electron chi connectivity index (χ1n) is 9.03. The number of nitrogens with one attached hydrogen (secondary N) is 2. The highest BCUT2D eigenvalue weighted by atomic mass is 35.5. The molecular weight excluding hydrogens is 410 g/mol. The molecule has 0 saturated heterocycles. The maximum Gasteiger partial charge on any atom is 0.253 e. The highest BCUT2D eigenvalue weighted by molar-refractivity contribution is 7.15. The van der Waals surface area contributed by atoms with Crippen molar-refractivity contribution in [3.05, 3.63) is 69.1 Å². The smallest absolute Gasteiger partial charge is 0.253 e. The molecule has 3 rings (SSSR count). The number of nitrogens with zero attached hydrogens (tertiary/aromatic N) is 1. The van der Waals surface area contributed by atoms with Crippen LogP contribution in [0.2, 0.25) is 4.47 Å². The summed E-state index contributed by atoms with van der Waals surface area (Å²) in [6.45, 7) is 1.06. The van der Waals surface area contributed by atoms with E-state index in [1.54, 1.807) is 26.5 Å². The number of anilines is 1. The lowest BCUT2D eigenvalue weighted by molar-refractivity contribution is 0.0955. The van der Waals surface area contributed by atoms with E-state index in [0.717, 1.165) is 16.1 Å². The van der Waals surface area contributed by atoms with Gasteiger partial charge in [0.15, 0.2) is 16.0 Å². The minimum Gasteiger partial charge on any atom is -0.493 e. The number of carbonyl (C=O) groups is 1. The van der Waals surface area contributed by atoms with Gasteiger partial charge >= 0.3 is 0 Å². The molecule has 6 nitrogen and oxygen atoms in total. The van der Waals surface area contributed by atoms with E-state index < -0.39 is 0 Å². The van der Waals surface area contributed by atoms with Gasteiger partial charge in [0, 0.05) is 23.3 Å². The van der Waals surface area contributed by atoms with Gasteiger partial charge in [-0.2, -0.15) is 0 Å². The highest BCUT2D eigenvalue weighted by Crippen LogP contribution is 2.27. The molecule has 2 N–H and O–H groups in total. The van der Waals surface area contributed by atoms with Crippen molar-refractivity contribution >= 4 is 34.5 Å². The SMILES string of the molecule is COc1ccc(CCNC(=O)c2ccccc2NCc2cnc(Cl)s2)cc1OC. The van der Waals surface area contributed by atoms with E-state index in [9.17, 15) is 4.79 Å². The Morgan fingerprint density at radius 1 is 1.14 bits per heavy atom. The van der Waals surface area contributed by atoms with Crippen molar-refractivity contribution in [2.24, 2.45) is 0 Å². The summed E-state index contributed by atoms with van der Waals surface area (Å²) in [5.41, 5.74) is 2.41. The minimum absolute atomic E-state index is 0.129. The van der Waals surface area contributed by atoms with Crippen LogP contribution in [0.4, 0.5) is 5.69 Å². The van der Waals surface area contributed by atoms with E-state index in [2.05, 4.69) is 15.6 Å². The normalized spacial score (nSPS) is 10.4. The van der Waals surface area contributed by atoms with Crippen LogP contribution in [0, 0.1) is 0 Å². The molecule has 0 atom stereocenters. The fraction of sp³-hybridized carbons (Fsp3) is 0.238. The van der Waals surface area contributed by atoms with Crippen LogP contribution in [-0.2, 0) is 13.0 Å². The summed E-state index contributed by atoms with van der Waals surface area (Å²) >= 11 is 7.28. The first kappa shape index (κ1) is 21.0. The molecule has 0 bridgehead atoms. The standard InChI is InChI=1S/C21H22ClN3O3S/c1-27-18-8-7-14(11-19(18)28-2)9-10-23-20(26)16-5-3-4-6-17(16)24-12-15-13-25-21(22)29-15/h3-8,11,13,24H,9-10,12H2,1-2H3,(H,23,26). The topological polar surface area (TPSA) is 72.5 Å². The van der Waals surface area contributed by atoms with Gasteiger partial charge in [-0.1, -0.05) is 29.8 Å². The van der Waals surface area contributed by atoms with Gasteiger partial charge in [0.1, 0.15) is 0 Å². The Balaban J connectivity index is 1.58. The number of halogens is 1. The molecule has 8 heteroatoms. The van der Waals surface area contributed by atoms with Crippen molar-refractivity contribution in [3.63, 3.8) is 0 Å². The van der Waals surface area contributed by atoms with E-state index in [1.807, 2.05) is 36.4 Å². The zero-order valence-electron chi connectivity index (χ0n) is 16.2. The number of hydrogen-bond acceptors (Lipinski definition) is 6. The summed E-state index contributed by atoms with van der Waals surface area (Å²) in [5, 5.41) is 6.25. The summed E-state index contributed by atoms with van der Waals surface area (Å²) in [6.07, 6.45) is 2.41. The largest absolute Gasteiger partial charge is 0.493 e. The van der Waals surface area contributed by atoms with E-state index in [0.29, 0.717) is 41.0 Å². The van der Waals surface area contributed by atoms with Crippen molar-refractivity contribution in [1.29, 1.82) is 0 Å². The lowest BCUT2D eigenvalue weighted by Crippen LogP contribution is -2.26. The van der Waals surface area contributed by atoms with Crippen LogP contribution in [0.3, 0.4) is 0 Å². The zero-order chi connectivity index (χ0) is 20.6. The number of para-hydroxylation sites is 1. The predicted octanol–water partition coefficient (Wildman–Crippen LogP) is 4.40. The summed E-state index contributed by atoms with van der Waals surface area (Å²) in [5.74, 6) is 1.23. The van der Waals surface area contributed by atoms with Gasteiger partial charge in [-0.25, -0.2) is 4.98 Å². The van der Waals surface area contributed by atoms with Gasteiger partial charge in [0.05, 0.1) is 26.3 Å². The molecule has 0 aliphatic heterocycles. The van der Waals surface area contributed by atoms with Gasteiger partial charge in [0.25, 0.3) is 5.91 Å². The molecule has 0 fully saturated rings. The molecule has 0 aliphatic carbocycles. The quantitative estimate of drug-likeness (QED) is 0.525. The minimum atomic E-state index is -0.129. The number of amides is 1. The third kappa shape index (κ3) is 5.62. The van der Waals surface area contributed by atoms with Crippen molar-refractivity contribution in [3.8, 4) is 11.5 Å². The molecule has 0 aliphatic rings. The van der Waals surface area contributed by atoms with Crippen LogP contribution in [0.1, 0.15) is 20.8 Å². The third-order valence-corrected chi connectivity index (χ3v) is 5.41. The molecule has 1 heterocycles. The molecule has 0 saturated carbocycles. The van der Waals surface area contributed by atoms with Crippen molar-refractivity contribution < 1.29 is 14.3 Å². The Kier molecular flexibility index (Phi) is 7.32. The summed E-state index contributed by atoms with van der Waals surface area (Å²) < 4.78 is 11.1. The average molecular weight is 432 g/mol. The van der Waals surface area contributed by atoms with Crippen molar-refractivity contribution in [1.82, 2.24) is 10.3 Å². The Morgan fingerprint density at radius 3 is 2.66 bits per heavy atom. The molecule has 152 valence electrons. The molecule has 1 amide bonds. The number of thiazole rings is 1. The second-order valence-corrected chi connectivity index (χ2v) is 7.87. The lowest BCUT2D eigenvalue weighted by Gasteiger charge is -2.12. The second kappa shape index (κ2) is 10.1. The lowest BCUT2D eigenvalue weighted by atomic mass is 10.1. The van der Waals surface area contributed by atoms with E-state index in [-0.39, 0.29) is 5.91 Å². The number of rotatable bonds is 9.